The number of aryl methyl sites for hydroxylation is 2. The summed E-state index contributed by atoms with van der Waals surface area (Å²) >= 11 is 2.84. The Kier molecular flexibility index (Phi) is 23.2. The average Bonchev–Trinajstić information content (AvgIpc) is 1.24. The number of thiazole rings is 2. The predicted octanol–water partition coefficient (Wildman–Crippen LogP) is 12.5. The minimum absolute atomic E-state index is 0.0215. The number of tetrazole rings is 2. The number of piperazine rings is 1. The summed E-state index contributed by atoms with van der Waals surface area (Å²) in [4.78, 5) is 89.8. The maximum Gasteiger partial charge on any atom is 0.275 e. The molecule has 4 fully saturated rings. The molecule has 4 aliphatic heterocycles. The largest absolute Gasteiger partial charge is 0.381 e. The summed E-state index contributed by atoms with van der Waals surface area (Å²) in [6.07, 6.45) is 24.9. The van der Waals surface area contributed by atoms with Crippen LogP contribution in [-0.2, 0) is 31.9 Å². The summed E-state index contributed by atoms with van der Waals surface area (Å²) < 4.78 is 13.8. The Bertz CT molecular complexity index is 6750. The van der Waals surface area contributed by atoms with E-state index < -0.39 is 0 Å². The Labute approximate surface area is 719 Å². The summed E-state index contributed by atoms with van der Waals surface area (Å²) in [5.41, 5.74) is 13.9. The number of pyridine rings is 3. The fourth-order valence-corrected chi connectivity index (χ4v) is 17.9. The minimum Gasteiger partial charge on any atom is -0.381 e. The first-order valence-electron chi connectivity index (χ1n) is 41.5. The van der Waals surface area contributed by atoms with Gasteiger partial charge < -0.3 is 41.1 Å². The van der Waals surface area contributed by atoms with E-state index in [2.05, 4.69) is 195 Å². The molecule has 0 amide bonds. The molecular weight excluding hydrogens is 1600 g/mol. The first-order valence-corrected chi connectivity index (χ1v) is 43.3. The normalized spacial score (nSPS) is 16.2. The van der Waals surface area contributed by atoms with Crippen molar-refractivity contribution in [3.05, 3.63) is 265 Å². The SMILES string of the molecule is CN1CCC(c2ccc(Nc3ncc4cc(-c5nccn5-c5nnn(C)n5)c(=O)n(-c5nccs5)c4n3)cc2)C1.Cn1nnnc1-c1ccccc1-c1cc2cnc(Nc3ccc(C4CCCNC4)cc3)nc2n(Cc2nccs2)c1=O.O=c1c(-c2ccc(C3=CCC=C3)cc2)cc2cnc(Nc3ccc(N4CCNCC4)cc3)nc2n1CC1CCOCC1. The van der Waals surface area contributed by atoms with Crippen LogP contribution in [0.25, 0.3) is 94.8 Å². The highest BCUT2D eigenvalue weighted by atomic mass is 32.1. The zero-order valence-electron chi connectivity index (χ0n) is 68.4. The van der Waals surface area contributed by atoms with Gasteiger partial charge in [0.1, 0.15) is 16.3 Å². The number of ether oxygens (including phenoxy) is 1. The number of likely N-dealkylation sites (N-methyl/N-ethyl adjacent to an activating group) is 1. The van der Waals surface area contributed by atoms with Gasteiger partial charge in [-0.15, -0.1) is 32.9 Å². The van der Waals surface area contributed by atoms with Gasteiger partial charge in [-0.25, -0.2) is 39.2 Å². The standard InChI is InChI=1S/C34H36N6O2.C30H28N10OS.C26H24N12OS/c41-33-31(27-7-5-26(6-8-27)25-3-1-2-4-25)21-28-22-36-34(38-32(28)40(33)23-24-13-19-42-20-14-24)37-29-9-11-30(12-10-29)39-17-15-35-16-18-39;1-39-28(36-37-38-39)24-7-3-2-6-23(24)25-15-21-17-33-30(35-27(21)40(29(25)41)18-26-32-13-14-42-26)34-22-10-8-19(9-11-22)20-5-4-12-31-16-20;1-35-10-7-17(15-35)16-3-5-19(6-4-16)30-24-29-14-18-13-20(22-27-8-11-37(22)25-32-34-36(2)33-25)23(39)38(21(18)31-24)26-28-9-12-40-26/h1,3-12,21-22,24,35H,2,13-20,23H2,(H,36,37,38);2-3,6-11,13-15,17,20,31H,4-5,12,16,18H2,1H3,(H,33,34,35);3-6,8-9,11-14,17H,7,10,15H2,1-2H3,(H,29,30,31). The zero-order chi connectivity index (χ0) is 84.0. The monoisotopic (exact) mass is 1690 g/mol. The molecule has 32 nitrogen and oxygen atoms in total. The van der Waals surface area contributed by atoms with Crippen molar-refractivity contribution >= 4 is 102 Å². The molecule has 624 valence electrons. The van der Waals surface area contributed by atoms with Gasteiger partial charge in [0.05, 0.1) is 19.2 Å². The average molecular weight is 1690 g/mol. The number of fused-ring (bicyclic) bond motifs is 3. The van der Waals surface area contributed by atoms with Gasteiger partial charge in [-0.3, -0.25) is 28.1 Å². The van der Waals surface area contributed by atoms with Gasteiger partial charge in [-0.2, -0.15) is 19.7 Å². The Balaban J connectivity index is 0.000000122. The lowest BCUT2D eigenvalue weighted by atomic mass is 9.92. The summed E-state index contributed by atoms with van der Waals surface area (Å²) in [6, 6.07) is 46.6. The second kappa shape index (κ2) is 36.0. The van der Waals surface area contributed by atoms with Crippen molar-refractivity contribution in [2.75, 3.05) is 93.5 Å². The van der Waals surface area contributed by atoms with E-state index in [1.54, 1.807) is 71.2 Å². The molecule has 5 aliphatic rings. The molecule has 21 rings (SSSR count). The molecule has 11 aromatic heterocycles. The number of nitrogens with zero attached hydrogens (tertiary/aromatic N) is 23. The van der Waals surface area contributed by atoms with Crippen molar-refractivity contribution in [1.82, 2.24) is 119 Å². The number of allylic oxidation sites excluding steroid dienone is 4. The topological polar surface area (TPSA) is 350 Å². The van der Waals surface area contributed by atoms with E-state index in [9.17, 15) is 14.4 Å². The second-order valence-electron chi connectivity index (χ2n) is 31.3. The molecule has 2 atom stereocenters. The molecule has 0 saturated carbocycles. The van der Waals surface area contributed by atoms with Crippen molar-refractivity contribution in [1.29, 1.82) is 0 Å². The molecule has 2 unspecified atom stereocenters. The Morgan fingerprint density at radius 2 is 1.19 bits per heavy atom. The molecule has 0 bridgehead atoms. The molecule has 124 heavy (non-hydrogen) atoms. The third kappa shape index (κ3) is 17.4. The maximum atomic E-state index is 14.2. The number of aromatic nitrogens is 21. The number of rotatable bonds is 20. The van der Waals surface area contributed by atoms with E-state index in [4.69, 9.17) is 19.7 Å². The third-order valence-electron chi connectivity index (χ3n) is 23.1. The van der Waals surface area contributed by atoms with E-state index in [1.807, 2.05) is 82.2 Å². The molecule has 5 aromatic carbocycles. The Morgan fingerprint density at radius 1 is 0.548 bits per heavy atom. The van der Waals surface area contributed by atoms with Gasteiger partial charge in [0.2, 0.25) is 17.8 Å². The fourth-order valence-electron chi connectivity index (χ4n) is 16.6. The number of benzene rings is 5. The van der Waals surface area contributed by atoms with Gasteiger partial charge in [-0.05, 0) is 192 Å². The lowest BCUT2D eigenvalue weighted by molar-refractivity contribution is 0.0613. The summed E-state index contributed by atoms with van der Waals surface area (Å²) in [5, 5.41) is 48.2. The summed E-state index contributed by atoms with van der Waals surface area (Å²) in [6.45, 7) is 10.7. The van der Waals surface area contributed by atoms with Gasteiger partial charge in [0.15, 0.2) is 22.4 Å². The van der Waals surface area contributed by atoms with Crippen LogP contribution in [0.5, 0.6) is 0 Å². The van der Waals surface area contributed by atoms with E-state index in [0.29, 0.717) is 104 Å². The van der Waals surface area contributed by atoms with Crippen LogP contribution in [-0.4, -0.2) is 181 Å². The second-order valence-corrected chi connectivity index (χ2v) is 33.1. The van der Waals surface area contributed by atoms with Crippen LogP contribution in [0.15, 0.2) is 226 Å². The van der Waals surface area contributed by atoms with E-state index in [-0.39, 0.29) is 23.2 Å². The predicted molar refractivity (Wildman–Crippen MR) is 482 cm³/mol. The fraction of sp³-hybridized carbons (Fsp3) is 0.267. The van der Waals surface area contributed by atoms with Crippen LogP contribution >= 0.6 is 22.7 Å². The van der Waals surface area contributed by atoms with Gasteiger partial charge >= 0.3 is 0 Å². The maximum absolute atomic E-state index is 14.2. The lowest BCUT2D eigenvalue weighted by Gasteiger charge is -2.29. The molecule has 15 heterocycles. The van der Waals surface area contributed by atoms with Gasteiger partial charge in [0, 0.05) is 176 Å². The number of hydrogen-bond donors (Lipinski definition) is 5. The van der Waals surface area contributed by atoms with Crippen molar-refractivity contribution in [3.63, 3.8) is 0 Å². The molecule has 0 radical (unpaired) electrons. The van der Waals surface area contributed by atoms with Crippen molar-refractivity contribution < 1.29 is 4.74 Å². The zero-order valence-corrected chi connectivity index (χ0v) is 70.0. The number of hydrogen-bond acceptors (Lipinski definition) is 28. The summed E-state index contributed by atoms with van der Waals surface area (Å²) in [5.74, 6) is 3.97. The van der Waals surface area contributed by atoms with Crippen molar-refractivity contribution in [2.24, 2.45) is 20.0 Å². The van der Waals surface area contributed by atoms with Crippen LogP contribution in [0.1, 0.15) is 72.1 Å². The molecule has 5 N–H and O–H groups in total. The molecular formula is C90H88N28O4S2. The van der Waals surface area contributed by atoms with E-state index in [1.165, 1.54) is 73.7 Å². The van der Waals surface area contributed by atoms with Gasteiger partial charge in [0.25, 0.3) is 22.6 Å². The Morgan fingerprint density at radius 3 is 1.81 bits per heavy atom. The van der Waals surface area contributed by atoms with Crippen LogP contribution in [0.2, 0.25) is 0 Å². The minimum atomic E-state index is -0.325. The number of nitrogens with one attached hydrogen (secondary N) is 5. The first kappa shape index (κ1) is 79.9. The Hall–Kier alpha value is -13.9. The van der Waals surface area contributed by atoms with Gasteiger partial charge in [-0.1, -0.05) is 96.1 Å². The molecule has 16 aromatic rings. The molecule has 1 aliphatic carbocycles. The van der Waals surface area contributed by atoms with E-state index in [0.717, 1.165) is 140 Å². The van der Waals surface area contributed by atoms with Crippen LogP contribution < -0.4 is 48.2 Å². The van der Waals surface area contributed by atoms with Crippen LogP contribution in [0.3, 0.4) is 0 Å². The number of likely N-dealkylation sites (tertiary alicyclic amines) is 1. The first-order chi connectivity index (χ1) is 60.9. The molecule has 0 spiro atoms. The highest BCUT2D eigenvalue weighted by molar-refractivity contribution is 7.12. The smallest absolute Gasteiger partial charge is 0.275 e. The van der Waals surface area contributed by atoms with E-state index >= 15 is 0 Å². The quantitative estimate of drug-likeness (QED) is 0.0473. The van der Waals surface area contributed by atoms with Crippen LogP contribution in [0.4, 0.5) is 40.6 Å². The molecule has 4 saturated heterocycles. The highest BCUT2D eigenvalue weighted by Crippen LogP contribution is 2.35. The van der Waals surface area contributed by atoms with Crippen LogP contribution in [0, 0.1) is 5.92 Å². The van der Waals surface area contributed by atoms with Crippen molar-refractivity contribution in [3.8, 4) is 56.1 Å². The number of imidazole rings is 1. The summed E-state index contributed by atoms with van der Waals surface area (Å²) in [7, 11) is 5.60. The third-order valence-corrected chi connectivity index (χ3v) is 24.6. The highest BCUT2D eigenvalue weighted by Gasteiger charge is 2.27. The number of piperidine rings is 1. The lowest BCUT2D eigenvalue weighted by Crippen LogP contribution is -2.43. The number of anilines is 7. The molecule has 34 heteroatoms. The van der Waals surface area contributed by atoms with Crippen molar-refractivity contribution in [2.45, 2.75) is 63.5 Å².